The topological polar surface area (TPSA) is 91.3 Å². The number of rotatable bonds is 7. The largest absolute Gasteiger partial charge is 0.353 e. The predicted molar refractivity (Wildman–Crippen MR) is 90.7 cm³/mol. The van der Waals surface area contributed by atoms with E-state index in [9.17, 15) is 9.59 Å². The van der Waals surface area contributed by atoms with Crippen molar-refractivity contribution in [1.82, 2.24) is 25.3 Å². The van der Waals surface area contributed by atoms with Crippen LogP contribution in [0.3, 0.4) is 0 Å². The van der Waals surface area contributed by atoms with Gasteiger partial charge in [-0.2, -0.15) is 5.10 Å². The van der Waals surface area contributed by atoms with E-state index < -0.39 is 0 Å². The molecule has 9 heteroatoms. The van der Waals surface area contributed by atoms with Crippen LogP contribution in [0.5, 0.6) is 0 Å². The molecular formula is C14H25ClN6O2. The second-order valence-electron chi connectivity index (χ2n) is 5.72. The van der Waals surface area contributed by atoms with Crippen molar-refractivity contribution in [2.75, 3.05) is 39.0 Å². The van der Waals surface area contributed by atoms with Crippen molar-refractivity contribution in [2.24, 2.45) is 0 Å². The Kier molecular flexibility index (Phi) is 8.01. The number of likely N-dealkylation sites (N-methyl/N-ethyl adjacent to an activating group) is 1. The molecule has 2 rings (SSSR count). The molecule has 130 valence electrons. The van der Waals surface area contributed by atoms with E-state index in [1.807, 2.05) is 19.0 Å². The molecule has 0 aromatic carbocycles. The van der Waals surface area contributed by atoms with Crippen molar-refractivity contribution >= 4 is 29.9 Å². The standard InChI is InChI=1S/C14H24N6O2.ClH/c1-19(2)7-6-16-13(21)10-20-9-11(8-17-20)18-14(22)12-4-3-5-15-12;/h8-9,12,15H,3-7,10H2,1-2H3,(H,16,21)(H,18,22);1H. The van der Waals surface area contributed by atoms with E-state index in [1.165, 1.54) is 4.68 Å². The molecule has 0 saturated carbocycles. The number of nitrogens with zero attached hydrogens (tertiary/aromatic N) is 3. The molecule has 1 aliphatic rings. The van der Waals surface area contributed by atoms with Crippen LogP contribution in [-0.4, -0.2) is 66.3 Å². The lowest BCUT2D eigenvalue weighted by Gasteiger charge is -2.10. The zero-order valence-electron chi connectivity index (χ0n) is 13.5. The monoisotopic (exact) mass is 344 g/mol. The third kappa shape index (κ3) is 6.55. The molecule has 2 amide bonds. The van der Waals surface area contributed by atoms with Crippen LogP contribution in [0, 0.1) is 0 Å². The summed E-state index contributed by atoms with van der Waals surface area (Å²) in [5, 5.41) is 12.9. The first-order valence-electron chi connectivity index (χ1n) is 7.53. The summed E-state index contributed by atoms with van der Waals surface area (Å²) < 4.78 is 1.52. The van der Waals surface area contributed by atoms with E-state index in [-0.39, 0.29) is 36.8 Å². The van der Waals surface area contributed by atoms with Gasteiger partial charge >= 0.3 is 0 Å². The second kappa shape index (κ2) is 9.49. The molecule has 0 aliphatic carbocycles. The van der Waals surface area contributed by atoms with Gasteiger partial charge in [0.1, 0.15) is 6.54 Å². The van der Waals surface area contributed by atoms with Gasteiger partial charge in [-0.3, -0.25) is 14.3 Å². The first-order chi connectivity index (χ1) is 10.5. The zero-order valence-corrected chi connectivity index (χ0v) is 14.4. The van der Waals surface area contributed by atoms with Crippen LogP contribution in [0.15, 0.2) is 12.4 Å². The van der Waals surface area contributed by atoms with Crippen molar-refractivity contribution in [3.8, 4) is 0 Å². The summed E-state index contributed by atoms with van der Waals surface area (Å²) in [6.07, 6.45) is 5.09. The van der Waals surface area contributed by atoms with Gasteiger partial charge in [-0.1, -0.05) is 0 Å². The summed E-state index contributed by atoms with van der Waals surface area (Å²) in [6, 6.07) is -0.127. The summed E-state index contributed by atoms with van der Waals surface area (Å²) in [6.45, 7) is 2.42. The van der Waals surface area contributed by atoms with Gasteiger partial charge in [-0.05, 0) is 33.5 Å². The molecule has 0 radical (unpaired) electrons. The number of anilines is 1. The summed E-state index contributed by atoms with van der Waals surface area (Å²) >= 11 is 0. The third-order valence-corrected chi connectivity index (χ3v) is 3.46. The molecule has 1 aromatic rings. The molecule has 1 fully saturated rings. The molecule has 8 nitrogen and oxygen atoms in total. The highest BCUT2D eigenvalue weighted by Crippen LogP contribution is 2.10. The summed E-state index contributed by atoms with van der Waals surface area (Å²) in [5.41, 5.74) is 0.611. The highest BCUT2D eigenvalue weighted by Gasteiger charge is 2.22. The zero-order chi connectivity index (χ0) is 15.9. The number of amides is 2. The molecule has 0 bridgehead atoms. The number of aromatic nitrogens is 2. The van der Waals surface area contributed by atoms with E-state index in [2.05, 4.69) is 21.0 Å². The van der Waals surface area contributed by atoms with Crippen LogP contribution in [-0.2, 0) is 16.1 Å². The molecule has 1 atom stereocenters. The highest BCUT2D eigenvalue weighted by atomic mass is 35.5. The molecule has 23 heavy (non-hydrogen) atoms. The van der Waals surface area contributed by atoms with Gasteiger partial charge in [0.2, 0.25) is 11.8 Å². The maximum absolute atomic E-state index is 12.0. The average Bonchev–Trinajstić information content (AvgIpc) is 3.09. The van der Waals surface area contributed by atoms with E-state index in [0.717, 1.165) is 25.9 Å². The van der Waals surface area contributed by atoms with Gasteiger partial charge in [0.15, 0.2) is 0 Å². The molecule has 1 unspecified atom stereocenters. The van der Waals surface area contributed by atoms with Crippen LogP contribution < -0.4 is 16.0 Å². The Morgan fingerprint density at radius 2 is 2.26 bits per heavy atom. The number of nitrogens with one attached hydrogen (secondary N) is 3. The molecule has 3 N–H and O–H groups in total. The predicted octanol–water partition coefficient (Wildman–Crippen LogP) is -0.327. The van der Waals surface area contributed by atoms with Crippen LogP contribution in [0.1, 0.15) is 12.8 Å². The summed E-state index contributed by atoms with van der Waals surface area (Å²) in [5.74, 6) is -0.146. The number of carbonyl (C=O) groups excluding carboxylic acids is 2. The first kappa shape index (κ1) is 19.4. The van der Waals surface area contributed by atoms with E-state index in [1.54, 1.807) is 12.4 Å². The lowest BCUT2D eigenvalue weighted by molar-refractivity contribution is -0.122. The van der Waals surface area contributed by atoms with Crippen LogP contribution in [0.25, 0.3) is 0 Å². The Hall–Kier alpha value is -1.64. The Morgan fingerprint density at radius 3 is 2.91 bits per heavy atom. The molecule has 1 aromatic heterocycles. The fourth-order valence-corrected chi connectivity index (χ4v) is 2.27. The molecule has 0 spiro atoms. The smallest absolute Gasteiger partial charge is 0.241 e. The third-order valence-electron chi connectivity index (χ3n) is 3.46. The number of hydrogen-bond donors (Lipinski definition) is 3. The minimum absolute atomic E-state index is 0. The first-order valence-corrected chi connectivity index (χ1v) is 7.53. The fourth-order valence-electron chi connectivity index (χ4n) is 2.27. The van der Waals surface area contributed by atoms with Gasteiger partial charge in [0.25, 0.3) is 0 Å². The van der Waals surface area contributed by atoms with Crippen molar-refractivity contribution in [3.05, 3.63) is 12.4 Å². The van der Waals surface area contributed by atoms with Crippen molar-refractivity contribution < 1.29 is 9.59 Å². The number of halogens is 1. The second-order valence-corrected chi connectivity index (χ2v) is 5.72. The molecular weight excluding hydrogens is 320 g/mol. The van der Waals surface area contributed by atoms with Crippen LogP contribution >= 0.6 is 12.4 Å². The van der Waals surface area contributed by atoms with Crippen molar-refractivity contribution in [1.29, 1.82) is 0 Å². The average molecular weight is 345 g/mol. The minimum atomic E-state index is -0.127. The Morgan fingerprint density at radius 1 is 1.48 bits per heavy atom. The maximum Gasteiger partial charge on any atom is 0.241 e. The quantitative estimate of drug-likeness (QED) is 0.630. The Bertz CT molecular complexity index is 513. The normalized spacial score (nSPS) is 16.9. The lowest BCUT2D eigenvalue weighted by Crippen LogP contribution is -2.35. The van der Waals surface area contributed by atoms with Crippen molar-refractivity contribution in [3.63, 3.8) is 0 Å². The number of carbonyl (C=O) groups is 2. The summed E-state index contributed by atoms with van der Waals surface area (Å²) in [4.78, 5) is 25.7. The highest BCUT2D eigenvalue weighted by molar-refractivity contribution is 5.94. The molecule has 1 saturated heterocycles. The van der Waals surface area contributed by atoms with Crippen LogP contribution in [0.4, 0.5) is 5.69 Å². The van der Waals surface area contributed by atoms with Gasteiger partial charge in [-0.25, -0.2) is 0 Å². The fraction of sp³-hybridized carbons (Fsp3) is 0.643. The number of hydrogen-bond acceptors (Lipinski definition) is 5. The minimum Gasteiger partial charge on any atom is -0.353 e. The van der Waals surface area contributed by atoms with Crippen LogP contribution in [0.2, 0.25) is 0 Å². The van der Waals surface area contributed by atoms with E-state index in [0.29, 0.717) is 12.2 Å². The van der Waals surface area contributed by atoms with E-state index >= 15 is 0 Å². The maximum atomic E-state index is 12.0. The van der Waals surface area contributed by atoms with Crippen molar-refractivity contribution in [2.45, 2.75) is 25.4 Å². The Balaban J connectivity index is 0.00000264. The molecule has 2 heterocycles. The van der Waals surface area contributed by atoms with E-state index in [4.69, 9.17) is 0 Å². The van der Waals surface area contributed by atoms with Gasteiger partial charge in [0.05, 0.1) is 17.9 Å². The SMILES string of the molecule is CN(C)CCNC(=O)Cn1cc(NC(=O)C2CCCN2)cn1.Cl. The Labute approximate surface area is 142 Å². The lowest BCUT2D eigenvalue weighted by atomic mass is 10.2. The van der Waals surface area contributed by atoms with Gasteiger partial charge in [0, 0.05) is 19.3 Å². The van der Waals surface area contributed by atoms with Gasteiger partial charge in [-0.15, -0.1) is 12.4 Å². The summed E-state index contributed by atoms with van der Waals surface area (Å²) in [7, 11) is 3.90. The molecule has 1 aliphatic heterocycles. The van der Waals surface area contributed by atoms with Gasteiger partial charge < -0.3 is 20.9 Å².